The molecule has 1 heterocycles. The molecule has 2 bridgehead atoms. The Bertz CT molecular complexity index is 353. The number of aliphatic hydroxyl groups is 1. The molecule has 0 aromatic heterocycles. The van der Waals surface area contributed by atoms with E-state index in [-0.39, 0.29) is 24.5 Å². The second kappa shape index (κ2) is 5.04. The van der Waals surface area contributed by atoms with Crippen molar-refractivity contribution in [3.05, 3.63) is 0 Å². The second-order valence-electron chi connectivity index (χ2n) is 6.48. The summed E-state index contributed by atoms with van der Waals surface area (Å²) in [6.45, 7) is 1.19. The van der Waals surface area contributed by atoms with Crippen LogP contribution in [0.1, 0.15) is 32.1 Å². The molecule has 0 aromatic carbocycles. The van der Waals surface area contributed by atoms with Gasteiger partial charge in [0, 0.05) is 19.3 Å². The molecule has 3 aliphatic rings. The van der Waals surface area contributed by atoms with Crippen molar-refractivity contribution in [2.45, 2.75) is 43.7 Å². The number of aliphatic hydroxyl groups excluding tert-OH is 1. The van der Waals surface area contributed by atoms with Crippen LogP contribution in [0.4, 0.5) is 0 Å². The van der Waals surface area contributed by atoms with Crippen LogP contribution in [-0.4, -0.2) is 42.4 Å². The molecular weight excluding hydrogens is 244 g/mol. The van der Waals surface area contributed by atoms with Crippen LogP contribution in [-0.2, 0) is 9.53 Å². The van der Waals surface area contributed by atoms with E-state index in [1.54, 1.807) is 0 Å². The monoisotopic (exact) mass is 268 g/mol. The number of ether oxygens (including phenoxy) is 1. The van der Waals surface area contributed by atoms with Crippen LogP contribution in [0.3, 0.4) is 0 Å². The van der Waals surface area contributed by atoms with Crippen LogP contribution in [0.5, 0.6) is 0 Å². The molecule has 108 valence electrons. The number of hydrogen-bond donors (Lipinski definition) is 3. The summed E-state index contributed by atoms with van der Waals surface area (Å²) in [4.78, 5) is 12.5. The van der Waals surface area contributed by atoms with Gasteiger partial charge in [-0.05, 0) is 43.9 Å². The molecule has 3 fully saturated rings. The third-order valence-electron chi connectivity index (χ3n) is 5.42. The number of carbonyl (C=O) groups excluding carboxylic acids is 1. The van der Waals surface area contributed by atoms with Gasteiger partial charge in [0.05, 0.1) is 18.1 Å². The summed E-state index contributed by atoms with van der Waals surface area (Å²) in [5.41, 5.74) is 5.72. The van der Waals surface area contributed by atoms with Crippen molar-refractivity contribution in [3.8, 4) is 0 Å². The van der Waals surface area contributed by atoms with Gasteiger partial charge >= 0.3 is 0 Å². The zero-order valence-electron chi connectivity index (χ0n) is 11.3. The van der Waals surface area contributed by atoms with E-state index in [0.717, 1.165) is 12.8 Å². The number of carbonyl (C=O) groups is 1. The molecule has 5 nitrogen and oxygen atoms in total. The standard InChI is InChI=1S/C14H24N2O3/c15-12-10-2-1-9(7-10)11(12)13(18)16-14(8-17)3-5-19-6-4-14/h9-12,17H,1-8,15H2,(H,16,18). The quantitative estimate of drug-likeness (QED) is 0.673. The maximum atomic E-state index is 12.5. The third kappa shape index (κ3) is 2.28. The minimum absolute atomic E-state index is 0.00864. The highest BCUT2D eigenvalue weighted by Gasteiger charge is 2.50. The van der Waals surface area contributed by atoms with Gasteiger partial charge in [0.2, 0.25) is 5.91 Å². The maximum Gasteiger partial charge on any atom is 0.225 e. The minimum Gasteiger partial charge on any atom is -0.394 e. The van der Waals surface area contributed by atoms with Gasteiger partial charge < -0.3 is 20.9 Å². The number of nitrogens with two attached hydrogens (primary N) is 1. The van der Waals surface area contributed by atoms with E-state index >= 15 is 0 Å². The molecule has 3 rings (SSSR count). The number of rotatable bonds is 3. The van der Waals surface area contributed by atoms with Gasteiger partial charge in [-0.15, -0.1) is 0 Å². The Morgan fingerprint density at radius 1 is 1.32 bits per heavy atom. The highest BCUT2D eigenvalue weighted by Crippen LogP contribution is 2.47. The average molecular weight is 268 g/mol. The fourth-order valence-corrected chi connectivity index (χ4v) is 4.15. The topological polar surface area (TPSA) is 84.6 Å². The average Bonchev–Trinajstić information content (AvgIpc) is 3.00. The van der Waals surface area contributed by atoms with Crippen molar-refractivity contribution in [2.75, 3.05) is 19.8 Å². The van der Waals surface area contributed by atoms with E-state index in [1.165, 1.54) is 6.42 Å². The Kier molecular flexibility index (Phi) is 3.53. The van der Waals surface area contributed by atoms with E-state index in [1.807, 2.05) is 0 Å². The van der Waals surface area contributed by atoms with Crippen molar-refractivity contribution in [3.63, 3.8) is 0 Å². The lowest BCUT2D eigenvalue weighted by Crippen LogP contribution is -2.58. The van der Waals surface area contributed by atoms with E-state index in [4.69, 9.17) is 10.5 Å². The summed E-state index contributed by atoms with van der Waals surface area (Å²) in [5.74, 6) is 0.983. The smallest absolute Gasteiger partial charge is 0.225 e. The molecular formula is C14H24N2O3. The van der Waals surface area contributed by atoms with Gasteiger partial charge in [0.15, 0.2) is 0 Å². The molecule has 19 heavy (non-hydrogen) atoms. The summed E-state index contributed by atoms with van der Waals surface area (Å²) < 4.78 is 5.32. The Morgan fingerprint density at radius 2 is 2.00 bits per heavy atom. The lowest BCUT2D eigenvalue weighted by Gasteiger charge is -2.38. The Balaban J connectivity index is 1.67. The van der Waals surface area contributed by atoms with Gasteiger partial charge in [0.25, 0.3) is 0 Å². The van der Waals surface area contributed by atoms with Crippen molar-refractivity contribution < 1.29 is 14.6 Å². The highest BCUT2D eigenvalue weighted by molar-refractivity contribution is 5.81. The fraction of sp³-hybridized carbons (Fsp3) is 0.929. The molecule has 1 aliphatic heterocycles. The minimum atomic E-state index is -0.489. The molecule has 0 aromatic rings. The van der Waals surface area contributed by atoms with Gasteiger partial charge in [-0.1, -0.05) is 0 Å². The number of fused-ring (bicyclic) bond motifs is 2. The molecule has 0 radical (unpaired) electrons. The zero-order chi connectivity index (χ0) is 13.5. The highest BCUT2D eigenvalue weighted by atomic mass is 16.5. The van der Waals surface area contributed by atoms with Crippen LogP contribution in [0.2, 0.25) is 0 Å². The van der Waals surface area contributed by atoms with E-state index in [0.29, 0.717) is 37.9 Å². The van der Waals surface area contributed by atoms with Crippen molar-refractivity contribution in [1.29, 1.82) is 0 Å². The Labute approximate surface area is 113 Å². The first-order valence-corrected chi connectivity index (χ1v) is 7.41. The van der Waals surface area contributed by atoms with Crippen LogP contribution in [0, 0.1) is 17.8 Å². The van der Waals surface area contributed by atoms with Crippen LogP contribution >= 0.6 is 0 Å². The maximum absolute atomic E-state index is 12.5. The molecule has 5 heteroatoms. The van der Waals surface area contributed by atoms with Crippen molar-refractivity contribution >= 4 is 5.91 Å². The predicted octanol–water partition coefficient (Wildman–Crippen LogP) is 0.0175. The van der Waals surface area contributed by atoms with Gasteiger partial charge in [0.1, 0.15) is 0 Å². The van der Waals surface area contributed by atoms with Crippen molar-refractivity contribution in [2.24, 2.45) is 23.5 Å². The Morgan fingerprint density at radius 3 is 2.58 bits per heavy atom. The molecule has 0 spiro atoms. The lowest BCUT2D eigenvalue weighted by molar-refractivity contribution is -0.131. The number of hydrogen-bond acceptors (Lipinski definition) is 4. The molecule has 1 saturated heterocycles. The summed E-state index contributed by atoms with van der Waals surface area (Å²) in [5, 5.41) is 12.7. The first kappa shape index (κ1) is 13.3. The summed E-state index contributed by atoms with van der Waals surface area (Å²) >= 11 is 0. The van der Waals surface area contributed by atoms with E-state index in [9.17, 15) is 9.90 Å². The fourth-order valence-electron chi connectivity index (χ4n) is 4.15. The molecule has 4 unspecified atom stereocenters. The molecule has 2 aliphatic carbocycles. The number of amides is 1. The largest absolute Gasteiger partial charge is 0.394 e. The van der Waals surface area contributed by atoms with Crippen LogP contribution in [0.25, 0.3) is 0 Å². The van der Waals surface area contributed by atoms with E-state index in [2.05, 4.69) is 5.32 Å². The van der Waals surface area contributed by atoms with Crippen LogP contribution in [0.15, 0.2) is 0 Å². The summed E-state index contributed by atoms with van der Waals surface area (Å²) in [6, 6.07) is 0.00864. The van der Waals surface area contributed by atoms with Gasteiger partial charge in [-0.25, -0.2) is 0 Å². The lowest BCUT2D eigenvalue weighted by atomic mass is 9.82. The molecule has 1 amide bonds. The van der Waals surface area contributed by atoms with Crippen LogP contribution < -0.4 is 11.1 Å². The first-order chi connectivity index (χ1) is 9.15. The van der Waals surface area contributed by atoms with E-state index < -0.39 is 5.54 Å². The Hall–Kier alpha value is -0.650. The molecule has 4 N–H and O–H groups in total. The summed E-state index contributed by atoms with van der Waals surface area (Å²) in [7, 11) is 0. The summed E-state index contributed by atoms with van der Waals surface area (Å²) in [6.07, 6.45) is 4.78. The molecule has 4 atom stereocenters. The van der Waals surface area contributed by atoms with Gasteiger partial charge in [-0.3, -0.25) is 4.79 Å². The van der Waals surface area contributed by atoms with Gasteiger partial charge in [-0.2, -0.15) is 0 Å². The zero-order valence-corrected chi connectivity index (χ0v) is 11.3. The number of nitrogens with one attached hydrogen (secondary N) is 1. The SMILES string of the molecule is NC1C2CCC(C2)C1C(=O)NC1(CO)CCOCC1. The van der Waals surface area contributed by atoms with Crippen molar-refractivity contribution in [1.82, 2.24) is 5.32 Å². The predicted molar refractivity (Wildman–Crippen MR) is 70.3 cm³/mol. The normalized spacial score (nSPS) is 40.3. The molecule has 2 saturated carbocycles. The second-order valence-corrected chi connectivity index (χ2v) is 6.48. The third-order valence-corrected chi connectivity index (χ3v) is 5.42. The first-order valence-electron chi connectivity index (χ1n) is 7.41.